The number of aliphatic hydroxyl groups is 1. The fraction of sp³-hybridized carbons (Fsp3) is 0.231. The van der Waals surface area contributed by atoms with Crippen LogP contribution in [0.1, 0.15) is 34.8 Å². The van der Waals surface area contributed by atoms with Gasteiger partial charge in [0, 0.05) is 35.4 Å². The first-order valence-electron chi connectivity index (χ1n) is 10.8. The van der Waals surface area contributed by atoms with E-state index in [0.29, 0.717) is 28.8 Å². The lowest BCUT2D eigenvalue weighted by molar-refractivity contribution is -0.131. The number of fused-ring (bicyclic) bond motifs is 1. The zero-order chi connectivity index (χ0) is 23.2. The molecule has 3 aromatic rings. The van der Waals surface area contributed by atoms with Crippen molar-refractivity contribution in [3.63, 3.8) is 0 Å². The average molecular weight is 465 g/mol. The number of hydrogen-bond acceptors (Lipinski definition) is 5. The summed E-state index contributed by atoms with van der Waals surface area (Å²) in [5.41, 5.74) is 3.85. The van der Waals surface area contributed by atoms with Crippen molar-refractivity contribution >= 4 is 23.6 Å². The molecule has 1 aliphatic carbocycles. The highest BCUT2D eigenvalue weighted by molar-refractivity contribution is 6.30. The summed E-state index contributed by atoms with van der Waals surface area (Å²) in [6.07, 6.45) is 6.26. The van der Waals surface area contributed by atoms with Crippen molar-refractivity contribution in [1.82, 2.24) is 10.3 Å². The van der Waals surface area contributed by atoms with Gasteiger partial charge in [-0.3, -0.25) is 0 Å². The number of ether oxygens (including phenoxy) is 1. The Morgan fingerprint density at radius 2 is 2.09 bits per heavy atom. The van der Waals surface area contributed by atoms with Gasteiger partial charge in [-0.15, -0.1) is 0 Å². The standard InChI is InChI=1S/C26H25ClN2O4/c27-21-5-1-3-19(13-21)24(30)16-29-22-9-6-17-7-10-23(15-20(17)14-22)33-26-18(4-2-12-28-26)8-11-25(31)32/h1-5,7-8,10-13,15,22,24,29-30H,6,9,14,16H2,(H,31,32)/t22-,24+/m0/s1. The molecule has 0 saturated carbocycles. The van der Waals surface area contributed by atoms with Crippen LogP contribution in [0.2, 0.25) is 5.02 Å². The number of pyridine rings is 1. The molecular formula is C26H25ClN2O4. The van der Waals surface area contributed by atoms with Crippen LogP contribution < -0.4 is 10.1 Å². The van der Waals surface area contributed by atoms with Crippen LogP contribution in [0.4, 0.5) is 0 Å². The number of aliphatic carboxylic acids is 1. The Balaban J connectivity index is 1.41. The number of rotatable bonds is 8. The molecule has 0 amide bonds. The predicted molar refractivity (Wildman–Crippen MR) is 128 cm³/mol. The Hall–Kier alpha value is -3.19. The first kappa shape index (κ1) is 23.0. The molecule has 0 spiro atoms. The largest absolute Gasteiger partial charge is 0.478 e. The number of carboxylic acid groups (broad SMARTS) is 1. The Morgan fingerprint density at radius 1 is 1.21 bits per heavy atom. The molecule has 0 aliphatic heterocycles. The Morgan fingerprint density at radius 3 is 2.91 bits per heavy atom. The van der Waals surface area contributed by atoms with Gasteiger partial charge < -0.3 is 20.3 Å². The number of aliphatic hydroxyl groups excluding tert-OH is 1. The number of benzene rings is 2. The molecule has 0 saturated heterocycles. The molecule has 1 aromatic heterocycles. The van der Waals surface area contributed by atoms with Crippen LogP contribution >= 0.6 is 11.6 Å². The van der Waals surface area contributed by atoms with E-state index in [1.807, 2.05) is 24.3 Å². The molecule has 0 unspecified atom stereocenters. The second kappa shape index (κ2) is 10.6. The molecule has 4 rings (SSSR count). The van der Waals surface area contributed by atoms with E-state index in [-0.39, 0.29) is 6.04 Å². The highest BCUT2D eigenvalue weighted by atomic mass is 35.5. The number of aromatic nitrogens is 1. The molecule has 6 nitrogen and oxygen atoms in total. The summed E-state index contributed by atoms with van der Waals surface area (Å²) in [6.45, 7) is 0.448. The molecule has 7 heteroatoms. The van der Waals surface area contributed by atoms with Gasteiger partial charge in [0.25, 0.3) is 0 Å². The van der Waals surface area contributed by atoms with Gasteiger partial charge in [0.05, 0.1) is 6.10 Å². The lowest BCUT2D eigenvalue weighted by Crippen LogP contribution is -2.37. The zero-order valence-corrected chi connectivity index (χ0v) is 18.7. The highest BCUT2D eigenvalue weighted by Gasteiger charge is 2.20. The third-order valence-electron chi connectivity index (χ3n) is 5.66. The van der Waals surface area contributed by atoms with Crippen molar-refractivity contribution in [2.45, 2.75) is 31.4 Å². The van der Waals surface area contributed by atoms with Gasteiger partial charge in [-0.1, -0.05) is 29.8 Å². The van der Waals surface area contributed by atoms with E-state index >= 15 is 0 Å². The number of nitrogens with one attached hydrogen (secondary N) is 1. The molecule has 2 atom stereocenters. The summed E-state index contributed by atoms with van der Waals surface area (Å²) in [6, 6.07) is 17.0. The second-order valence-electron chi connectivity index (χ2n) is 8.02. The van der Waals surface area contributed by atoms with Gasteiger partial charge in [-0.25, -0.2) is 9.78 Å². The maximum Gasteiger partial charge on any atom is 0.328 e. The maximum absolute atomic E-state index is 10.8. The van der Waals surface area contributed by atoms with Crippen molar-refractivity contribution in [1.29, 1.82) is 0 Å². The summed E-state index contributed by atoms with van der Waals surface area (Å²) in [5, 5.41) is 23.5. The van der Waals surface area contributed by atoms with Crippen LogP contribution in [-0.2, 0) is 17.6 Å². The number of carbonyl (C=O) groups is 1. The van der Waals surface area contributed by atoms with Crippen LogP contribution in [0.3, 0.4) is 0 Å². The summed E-state index contributed by atoms with van der Waals surface area (Å²) in [7, 11) is 0. The minimum Gasteiger partial charge on any atom is -0.478 e. The summed E-state index contributed by atoms with van der Waals surface area (Å²) < 4.78 is 5.98. The maximum atomic E-state index is 10.8. The number of carboxylic acids is 1. The third kappa shape index (κ3) is 6.20. The molecule has 1 heterocycles. The van der Waals surface area contributed by atoms with Gasteiger partial charge in [0.1, 0.15) is 5.75 Å². The number of halogens is 1. The topological polar surface area (TPSA) is 91.7 Å². The third-order valence-corrected chi connectivity index (χ3v) is 5.90. The van der Waals surface area contributed by atoms with Crippen LogP contribution in [0.15, 0.2) is 66.9 Å². The fourth-order valence-corrected chi connectivity index (χ4v) is 4.17. The quantitative estimate of drug-likeness (QED) is 0.414. The van der Waals surface area contributed by atoms with E-state index in [4.69, 9.17) is 21.4 Å². The minimum atomic E-state index is -1.03. The SMILES string of the molecule is O=C(O)C=Cc1cccnc1Oc1ccc2c(c1)C[C@@H](NC[C@@H](O)c1cccc(Cl)c1)CC2. The van der Waals surface area contributed by atoms with E-state index in [9.17, 15) is 9.90 Å². The predicted octanol–water partition coefficient (Wildman–Crippen LogP) is 4.81. The Bertz CT molecular complexity index is 1160. The normalized spacial score (nSPS) is 16.4. The van der Waals surface area contributed by atoms with E-state index in [2.05, 4.69) is 16.4 Å². The van der Waals surface area contributed by atoms with Gasteiger partial charge >= 0.3 is 5.97 Å². The van der Waals surface area contributed by atoms with Crippen molar-refractivity contribution < 1.29 is 19.7 Å². The van der Waals surface area contributed by atoms with Gasteiger partial charge in [-0.2, -0.15) is 0 Å². The first-order chi connectivity index (χ1) is 16.0. The first-order valence-corrected chi connectivity index (χ1v) is 11.2. The van der Waals surface area contributed by atoms with Crippen LogP contribution in [-0.4, -0.2) is 33.8 Å². The lowest BCUT2D eigenvalue weighted by atomic mass is 9.88. The summed E-state index contributed by atoms with van der Waals surface area (Å²) >= 11 is 6.03. The molecular weight excluding hydrogens is 440 g/mol. The molecule has 1 aliphatic rings. The Kier molecular flexibility index (Phi) is 7.40. The summed E-state index contributed by atoms with van der Waals surface area (Å²) in [4.78, 5) is 15.1. The van der Waals surface area contributed by atoms with E-state index in [1.54, 1.807) is 30.5 Å². The summed E-state index contributed by atoms with van der Waals surface area (Å²) in [5.74, 6) is -0.0280. The lowest BCUT2D eigenvalue weighted by Gasteiger charge is -2.27. The van der Waals surface area contributed by atoms with Crippen LogP contribution in [0.5, 0.6) is 11.6 Å². The van der Waals surface area contributed by atoms with E-state index in [1.165, 1.54) is 17.2 Å². The Labute approximate surface area is 197 Å². The van der Waals surface area contributed by atoms with Crippen LogP contribution in [0, 0.1) is 0 Å². The number of nitrogens with zero attached hydrogens (tertiary/aromatic N) is 1. The van der Waals surface area contributed by atoms with E-state index < -0.39 is 12.1 Å². The zero-order valence-electron chi connectivity index (χ0n) is 17.9. The molecule has 0 radical (unpaired) electrons. The second-order valence-corrected chi connectivity index (χ2v) is 8.46. The molecule has 2 aromatic carbocycles. The van der Waals surface area contributed by atoms with E-state index in [0.717, 1.165) is 30.9 Å². The monoisotopic (exact) mass is 464 g/mol. The molecule has 0 fully saturated rings. The fourth-order valence-electron chi connectivity index (χ4n) is 3.97. The van der Waals surface area contributed by atoms with Crippen LogP contribution in [0.25, 0.3) is 6.08 Å². The van der Waals surface area contributed by atoms with Crippen molar-refractivity contribution in [3.05, 3.63) is 94.1 Å². The molecule has 0 bridgehead atoms. The number of hydrogen-bond donors (Lipinski definition) is 3. The molecule has 170 valence electrons. The van der Waals surface area contributed by atoms with Crippen molar-refractivity contribution in [2.24, 2.45) is 0 Å². The van der Waals surface area contributed by atoms with Gasteiger partial charge in [0.2, 0.25) is 5.88 Å². The van der Waals surface area contributed by atoms with Crippen molar-refractivity contribution in [3.8, 4) is 11.6 Å². The van der Waals surface area contributed by atoms with Crippen molar-refractivity contribution in [2.75, 3.05) is 6.54 Å². The average Bonchev–Trinajstić information content (AvgIpc) is 2.81. The van der Waals surface area contributed by atoms with Gasteiger partial charge in [-0.05, 0) is 78.4 Å². The molecule has 3 N–H and O–H groups in total. The van der Waals surface area contributed by atoms with Gasteiger partial charge in [0.15, 0.2) is 0 Å². The molecule has 33 heavy (non-hydrogen) atoms. The highest BCUT2D eigenvalue weighted by Crippen LogP contribution is 2.30. The smallest absolute Gasteiger partial charge is 0.328 e. The number of aryl methyl sites for hydroxylation is 1. The minimum absolute atomic E-state index is 0.241.